The van der Waals surface area contributed by atoms with E-state index in [1.54, 1.807) is 18.9 Å². The van der Waals surface area contributed by atoms with Crippen LogP contribution in [0.5, 0.6) is 0 Å². The summed E-state index contributed by atoms with van der Waals surface area (Å²) in [4.78, 5) is 4.53. The maximum atomic E-state index is 5.19. The van der Waals surface area contributed by atoms with Gasteiger partial charge in [0.2, 0.25) is 0 Å². The smallest absolute Gasteiger partial charge is 0.161 e. The molecule has 0 amide bonds. The first kappa shape index (κ1) is 12.5. The van der Waals surface area contributed by atoms with E-state index in [9.17, 15) is 0 Å². The van der Waals surface area contributed by atoms with Gasteiger partial charge in [0, 0.05) is 30.7 Å². The lowest BCUT2D eigenvalue weighted by molar-refractivity contribution is 0.185. The van der Waals surface area contributed by atoms with Gasteiger partial charge in [-0.05, 0) is 12.0 Å². The van der Waals surface area contributed by atoms with Crippen molar-refractivity contribution in [2.45, 2.75) is 13.5 Å². The quantitative estimate of drug-likeness (QED) is 0.895. The second kappa shape index (κ2) is 6.07. The summed E-state index contributed by atoms with van der Waals surface area (Å²) in [5.74, 6) is 1.82. The third-order valence-corrected chi connectivity index (χ3v) is 3.85. The molecule has 1 aliphatic heterocycles. The number of hydrogen-bond donors (Lipinski definition) is 1. The van der Waals surface area contributed by atoms with Gasteiger partial charge >= 0.3 is 0 Å². The molecule has 1 N–H and O–H groups in total. The number of thioether (sulfide) groups is 1. The summed E-state index contributed by atoms with van der Waals surface area (Å²) in [5, 5.41) is 4.41. The van der Waals surface area contributed by atoms with E-state index in [1.807, 2.05) is 12.1 Å². The molecule has 0 aliphatic carbocycles. The Morgan fingerprint density at radius 3 is 3.00 bits per heavy atom. The molecule has 17 heavy (non-hydrogen) atoms. The highest BCUT2D eigenvalue weighted by Gasteiger charge is 2.13. The third kappa shape index (κ3) is 3.48. The average molecular weight is 250 g/mol. The first-order chi connectivity index (χ1) is 8.29. The van der Waals surface area contributed by atoms with E-state index in [-0.39, 0.29) is 0 Å². The lowest BCUT2D eigenvalue weighted by Gasteiger charge is -2.19. The lowest BCUT2D eigenvalue weighted by Crippen LogP contribution is -2.19. The van der Waals surface area contributed by atoms with Crippen LogP contribution in [-0.2, 0) is 11.3 Å². The second-order valence-electron chi connectivity index (χ2n) is 4.28. The molecule has 1 aliphatic rings. The van der Waals surface area contributed by atoms with Crippen LogP contribution < -0.4 is 5.32 Å². The number of ether oxygens (including phenoxy) is 1. The van der Waals surface area contributed by atoms with Gasteiger partial charge in [-0.2, -0.15) is 0 Å². The van der Waals surface area contributed by atoms with Crippen LogP contribution in [-0.4, -0.2) is 24.6 Å². The largest absolute Gasteiger partial charge is 0.380 e. The van der Waals surface area contributed by atoms with Crippen LogP contribution >= 0.6 is 11.8 Å². The number of amidine groups is 1. The van der Waals surface area contributed by atoms with Crippen LogP contribution in [0, 0.1) is 5.92 Å². The fourth-order valence-electron chi connectivity index (χ4n) is 1.67. The minimum Gasteiger partial charge on any atom is -0.380 e. The normalized spacial score (nSPS) is 19.9. The number of nitrogens with zero attached hydrogens (tertiary/aromatic N) is 1. The Kier molecular flexibility index (Phi) is 4.45. The summed E-state index contributed by atoms with van der Waals surface area (Å²) in [6.45, 7) is 3.77. The molecule has 92 valence electrons. The van der Waals surface area contributed by atoms with Gasteiger partial charge in [-0.25, -0.2) is 0 Å². The van der Waals surface area contributed by atoms with Gasteiger partial charge in [-0.15, -0.1) is 0 Å². The highest BCUT2D eigenvalue weighted by atomic mass is 32.2. The van der Waals surface area contributed by atoms with Crippen molar-refractivity contribution in [3.05, 3.63) is 29.8 Å². The predicted octanol–water partition coefficient (Wildman–Crippen LogP) is 2.98. The Hall–Kier alpha value is -1.000. The van der Waals surface area contributed by atoms with Crippen molar-refractivity contribution in [2.75, 3.05) is 24.7 Å². The molecule has 0 saturated heterocycles. The van der Waals surface area contributed by atoms with Gasteiger partial charge in [-0.1, -0.05) is 36.9 Å². The molecule has 1 aromatic rings. The summed E-state index contributed by atoms with van der Waals surface area (Å²) >= 11 is 1.79. The molecule has 0 radical (unpaired) electrons. The fourth-order valence-corrected chi connectivity index (χ4v) is 2.57. The number of anilines is 1. The molecule has 1 aromatic carbocycles. The zero-order chi connectivity index (χ0) is 12.1. The predicted molar refractivity (Wildman–Crippen MR) is 74.7 cm³/mol. The standard InChI is InChI=1S/C13H18N2OS/c1-10-7-14-13(17-9-10)15-12-6-4-3-5-11(12)8-16-2/h3-6,10H,7-9H2,1-2H3,(H,14,15). The number of rotatable bonds is 3. The van der Waals surface area contributed by atoms with Crippen molar-refractivity contribution >= 4 is 22.6 Å². The highest BCUT2D eigenvalue weighted by molar-refractivity contribution is 8.14. The van der Waals surface area contributed by atoms with E-state index in [0.717, 1.165) is 28.7 Å². The Morgan fingerprint density at radius 1 is 1.47 bits per heavy atom. The van der Waals surface area contributed by atoms with Crippen LogP contribution in [0.25, 0.3) is 0 Å². The Morgan fingerprint density at radius 2 is 2.29 bits per heavy atom. The van der Waals surface area contributed by atoms with Crippen molar-refractivity contribution < 1.29 is 4.74 Å². The molecule has 1 atom stereocenters. The van der Waals surface area contributed by atoms with Gasteiger partial charge in [0.1, 0.15) is 0 Å². The number of benzene rings is 1. The van der Waals surface area contributed by atoms with Gasteiger partial charge < -0.3 is 10.1 Å². The SMILES string of the molecule is COCc1ccccc1NC1=NCC(C)CS1. The van der Waals surface area contributed by atoms with Gasteiger partial charge in [0.05, 0.1) is 6.61 Å². The van der Waals surface area contributed by atoms with Gasteiger partial charge in [0.15, 0.2) is 5.17 Å². The zero-order valence-corrected chi connectivity index (χ0v) is 11.1. The number of nitrogens with one attached hydrogen (secondary N) is 1. The van der Waals surface area contributed by atoms with Crippen LogP contribution in [0.15, 0.2) is 29.3 Å². The minimum absolute atomic E-state index is 0.623. The molecular formula is C13H18N2OS. The molecule has 3 nitrogen and oxygen atoms in total. The van der Waals surface area contributed by atoms with E-state index < -0.39 is 0 Å². The van der Waals surface area contributed by atoms with E-state index >= 15 is 0 Å². The van der Waals surface area contributed by atoms with Crippen LogP contribution in [0.1, 0.15) is 12.5 Å². The first-order valence-corrected chi connectivity index (χ1v) is 6.79. The molecule has 0 aromatic heterocycles. The van der Waals surface area contributed by atoms with Crippen molar-refractivity contribution in [1.82, 2.24) is 0 Å². The Labute approximate surface area is 107 Å². The summed E-state index contributed by atoms with van der Waals surface area (Å²) in [5.41, 5.74) is 2.26. The Bertz CT molecular complexity index is 406. The second-order valence-corrected chi connectivity index (χ2v) is 5.29. The molecule has 4 heteroatoms. The highest BCUT2D eigenvalue weighted by Crippen LogP contribution is 2.22. The summed E-state index contributed by atoms with van der Waals surface area (Å²) in [6, 6.07) is 8.19. The maximum absolute atomic E-state index is 5.19. The van der Waals surface area contributed by atoms with Gasteiger partial charge in [-0.3, -0.25) is 4.99 Å². The number of hydrogen-bond acceptors (Lipinski definition) is 4. The lowest BCUT2D eigenvalue weighted by atomic mass is 10.2. The molecule has 0 bridgehead atoms. The monoisotopic (exact) mass is 250 g/mol. The first-order valence-electron chi connectivity index (χ1n) is 5.80. The summed E-state index contributed by atoms with van der Waals surface area (Å²) in [6.07, 6.45) is 0. The summed E-state index contributed by atoms with van der Waals surface area (Å²) < 4.78 is 5.19. The molecule has 0 fully saturated rings. The molecule has 2 rings (SSSR count). The van der Waals surface area contributed by atoms with E-state index in [4.69, 9.17) is 4.74 Å². The Balaban J connectivity index is 2.07. The van der Waals surface area contributed by atoms with Crippen molar-refractivity contribution in [3.63, 3.8) is 0 Å². The van der Waals surface area contributed by atoms with Crippen molar-refractivity contribution in [1.29, 1.82) is 0 Å². The third-order valence-electron chi connectivity index (χ3n) is 2.61. The molecule has 1 heterocycles. The minimum atomic E-state index is 0.623. The number of para-hydroxylation sites is 1. The maximum Gasteiger partial charge on any atom is 0.161 e. The zero-order valence-electron chi connectivity index (χ0n) is 10.3. The number of methoxy groups -OCH3 is 1. The molecule has 0 spiro atoms. The molecule has 0 saturated carbocycles. The van der Waals surface area contributed by atoms with Crippen molar-refractivity contribution in [3.8, 4) is 0 Å². The van der Waals surface area contributed by atoms with E-state index in [2.05, 4.69) is 29.4 Å². The van der Waals surface area contributed by atoms with Gasteiger partial charge in [0.25, 0.3) is 0 Å². The molecule has 1 unspecified atom stereocenters. The van der Waals surface area contributed by atoms with E-state index in [0.29, 0.717) is 12.5 Å². The average Bonchev–Trinajstić information content (AvgIpc) is 2.35. The van der Waals surface area contributed by atoms with Crippen LogP contribution in [0.2, 0.25) is 0 Å². The fraction of sp³-hybridized carbons (Fsp3) is 0.462. The van der Waals surface area contributed by atoms with E-state index in [1.165, 1.54) is 0 Å². The van der Waals surface area contributed by atoms with Crippen LogP contribution in [0.3, 0.4) is 0 Å². The van der Waals surface area contributed by atoms with Crippen molar-refractivity contribution in [2.24, 2.45) is 10.9 Å². The molecular weight excluding hydrogens is 232 g/mol. The van der Waals surface area contributed by atoms with Crippen LogP contribution in [0.4, 0.5) is 5.69 Å². The topological polar surface area (TPSA) is 33.6 Å². The summed E-state index contributed by atoms with van der Waals surface area (Å²) in [7, 11) is 1.71. The number of aliphatic imine (C=N–C) groups is 1.